The van der Waals surface area contributed by atoms with E-state index in [1.54, 1.807) is 13.2 Å². The van der Waals surface area contributed by atoms with Crippen molar-refractivity contribution in [3.05, 3.63) is 53.3 Å². The van der Waals surface area contributed by atoms with Crippen LogP contribution in [0.5, 0.6) is 0 Å². The summed E-state index contributed by atoms with van der Waals surface area (Å²) in [6.07, 6.45) is 1.89. The third-order valence-corrected chi connectivity index (χ3v) is 5.50. The van der Waals surface area contributed by atoms with E-state index in [0.717, 1.165) is 54.9 Å². The Bertz CT molecular complexity index is 851. The van der Waals surface area contributed by atoms with Crippen molar-refractivity contribution in [1.82, 2.24) is 5.32 Å². The first kappa shape index (κ1) is 19.3. The number of nitrogens with one attached hydrogen (secondary N) is 1. The molecule has 1 heterocycles. The lowest BCUT2D eigenvalue weighted by molar-refractivity contribution is -0.0132. The van der Waals surface area contributed by atoms with Gasteiger partial charge in [-0.1, -0.05) is 12.1 Å². The fourth-order valence-electron chi connectivity index (χ4n) is 3.60. The minimum Gasteiger partial charge on any atom is -0.378 e. The first-order valence-electron chi connectivity index (χ1n) is 9.27. The molecule has 0 saturated carbocycles. The van der Waals surface area contributed by atoms with Crippen LogP contribution < -0.4 is 10.2 Å². The van der Waals surface area contributed by atoms with E-state index in [-0.39, 0.29) is 11.2 Å². The Balaban J connectivity index is 1.99. The summed E-state index contributed by atoms with van der Waals surface area (Å²) >= 11 is 0. The third-order valence-electron chi connectivity index (χ3n) is 5.50. The van der Waals surface area contributed by atoms with Gasteiger partial charge < -0.3 is 15.0 Å². The number of piperidine rings is 1. The van der Waals surface area contributed by atoms with Gasteiger partial charge in [-0.05, 0) is 62.2 Å². The van der Waals surface area contributed by atoms with E-state index in [1.807, 2.05) is 19.2 Å². The van der Waals surface area contributed by atoms with Crippen LogP contribution in [0.25, 0.3) is 11.1 Å². The van der Waals surface area contributed by atoms with Crippen LogP contribution in [0.3, 0.4) is 0 Å². The Hall–Kier alpha value is -2.42. The molecule has 2 aromatic rings. The molecule has 5 heteroatoms. The van der Waals surface area contributed by atoms with Crippen LogP contribution >= 0.6 is 0 Å². The summed E-state index contributed by atoms with van der Waals surface area (Å²) in [7, 11) is 3.68. The molecule has 0 bridgehead atoms. The number of hydrogen-bond donors (Lipinski definition) is 1. The number of hydrogen-bond acceptors (Lipinski definition) is 4. The van der Waals surface area contributed by atoms with E-state index in [9.17, 15) is 4.39 Å². The maximum Gasteiger partial charge on any atom is 0.141 e. The normalized spacial score (nSPS) is 16.2. The number of anilines is 1. The van der Waals surface area contributed by atoms with Gasteiger partial charge in [0.2, 0.25) is 0 Å². The zero-order valence-corrected chi connectivity index (χ0v) is 16.2. The lowest BCUT2D eigenvalue weighted by Gasteiger charge is -2.40. The maximum atomic E-state index is 14.2. The molecule has 0 radical (unpaired) electrons. The van der Waals surface area contributed by atoms with Crippen LogP contribution in [0, 0.1) is 17.1 Å². The van der Waals surface area contributed by atoms with E-state index in [2.05, 4.69) is 35.3 Å². The number of rotatable bonds is 5. The van der Waals surface area contributed by atoms with Crippen LogP contribution in [-0.2, 0) is 11.3 Å². The number of benzene rings is 2. The fourth-order valence-corrected chi connectivity index (χ4v) is 3.60. The Kier molecular flexibility index (Phi) is 5.79. The average molecular weight is 367 g/mol. The van der Waals surface area contributed by atoms with Crippen LogP contribution in [0.1, 0.15) is 30.9 Å². The fraction of sp³-hybridized carbons (Fsp3) is 0.409. The van der Waals surface area contributed by atoms with Crippen molar-refractivity contribution in [2.45, 2.75) is 31.9 Å². The van der Waals surface area contributed by atoms with E-state index in [1.165, 1.54) is 6.07 Å². The number of nitriles is 1. The molecular weight excluding hydrogens is 341 g/mol. The minimum atomic E-state index is -0.481. The summed E-state index contributed by atoms with van der Waals surface area (Å²) < 4.78 is 19.9. The molecule has 0 spiro atoms. The second-order valence-electron chi connectivity index (χ2n) is 7.33. The van der Waals surface area contributed by atoms with Crippen molar-refractivity contribution in [3.8, 4) is 17.2 Å². The number of halogens is 1. The highest BCUT2D eigenvalue weighted by Gasteiger charge is 2.30. The molecule has 1 aliphatic heterocycles. The molecule has 27 heavy (non-hydrogen) atoms. The van der Waals surface area contributed by atoms with Crippen molar-refractivity contribution in [2.24, 2.45) is 0 Å². The highest BCUT2D eigenvalue weighted by atomic mass is 19.1. The van der Waals surface area contributed by atoms with Crippen molar-refractivity contribution in [2.75, 3.05) is 32.1 Å². The number of nitrogens with zero attached hydrogens (tertiary/aromatic N) is 2. The van der Waals surface area contributed by atoms with Gasteiger partial charge in [0.15, 0.2) is 0 Å². The third kappa shape index (κ3) is 4.13. The standard InChI is InChI=1S/C22H26FN3O/c1-22(27-3)8-10-26(11-9-22)21-7-4-16(15-25-2)12-19(21)17-5-6-18(14-24)20(23)13-17/h4-7,12-13,25H,8-11,15H2,1-3H3. The summed E-state index contributed by atoms with van der Waals surface area (Å²) in [6.45, 7) is 4.67. The monoisotopic (exact) mass is 367 g/mol. The molecule has 0 aromatic heterocycles. The van der Waals surface area contributed by atoms with E-state index >= 15 is 0 Å². The second kappa shape index (κ2) is 8.08. The molecule has 0 atom stereocenters. The van der Waals surface area contributed by atoms with Crippen LogP contribution in [0.2, 0.25) is 0 Å². The molecule has 0 unspecified atom stereocenters. The molecule has 4 nitrogen and oxygen atoms in total. The van der Waals surface area contributed by atoms with Gasteiger partial charge in [0, 0.05) is 38.0 Å². The van der Waals surface area contributed by atoms with Crippen LogP contribution in [0.15, 0.2) is 36.4 Å². The van der Waals surface area contributed by atoms with Gasteiger partial charge in [0.1, 0.15) is 11.9 Å². The van der Waals surface area contributed by atoms with Crippen molar-refractivity contribution in [3.63, 3.8) is 0 Å². The molecule has 1 aliphatic rings. The molecule has 0 aliphatic carbocycles. The average Bonchev–Trinajstić information content (AvgIpc) is 2.69. The van der Waals surface area contributed by atoms with Crippen molar-refractivity contribution >= 4 is 5.69 Å². The summed E-state index contributed by atoms with van der Waals surface area (Å²) in [5.74, 6) is -0.481. The minimum absolute atomic E-state index is 0.0699. The smallest absolute Gasteiger partial charge is 0.141 e. The largest absolute Gasteiger partial charge is 0.378 e. The van der Waals surface area contributed by atoms with Gasteiger partial charge in [-0.15, -0.1) is 0 Å². The van der Waals surface area contributed by atoms with E-state index < -0.39 is 5.82 Å². The molecule has 1 saturated heterocycles. The number of methoxy groups -OCH3 is 1. The Morgan fingerprint density at radius 1 is 1.22 bits per heavy atom. The summed E-state index contributed by atoms with van der Waals surface area (Å²) in [5, 5.41) is 12.2. The molecule has 2 aromatic carbocycles. The van der Waals surface area contributed by atoms with E-state index in [0.29, 0.717) is 0 Å². The Morgan fingerprint density at radius 3 is 2.56 bits per heavy atom. The van der Waals surface area contributed by atoms with Crippen LogP contribution in [-0.4, -0.2) is 32.8 Å². The molecule has 0 amide bonds. The molecule has 3 rings (SSSR count). The topological polar surface area (TPSA) is 48.3 Å². The molecular formula is C22H26FN3O. The van der Waals surface area contributed by atoms with Gasteiger partial charge in [-0.2, -0.15) is 5.26 Å². The molecule has 142 valence electrons. The first-order valence-corrected chi connectivity index (χ1v) is 9.27. The zero-order valence-electron chi connectivity index (χ0n) is 16.2. The highest BCUT2D eigenvalue weighted by Crippen LogP contribution is 2.36. The lowest BCUT2D eigenvalue weighted by atomic mass is 9.91. The maximum absolute atomic E-state index is 14.2. The summed E-state index contributed by atoms with van der Waals surface area (Å²) in [5.41, 5.74) is 4.01. The van der Waals surface area contributed by atoms with Crippen LogP contribution in [0.4, 0.5) is 10.1 Å². The Labute approximate surface area is 160 Å². The summed E-state index contributed by atoms with van der Waals surface area (Å²) in [4.78, 5) is 2.34. The molecule has 1 fully saturated rings. The van der Waals surface area contributed by atoms with E-state index in [4.69, 9.17) is 10.00 Å². The van der Waals surface area contributed by atoms with Gasteiger partial charge in [-0.3, -0.25) is 0 Å². The van der Waals surface area contributed by atoms with Crippen molar-refractivity contribution < 1.29 is 9.13 Å². The lowest BCUT2D eigenvalue weighted by Crippen LogP contribution is -2.43. The van der Waals surface area contributed by atoms with Gasteiger partial charge in [0.05, 0.1) is 11.2 Å². The zero-order chi connectivity index (χ0) is 19.4. The van der Waals surface area contributed by atoms with Gasteiger partial charge >= 0.3 is 0 Å². The first-order chi connectivity index (χ1) is 13.0. The highest BCUT2D eigenvalue weighted by molar-refractivity contribution is 5.80. The predicted molar refractivity (Wildman–Crippen MR) is 106 cm³/mol. The predicted octanol–water partition coefficient (Wildman–Crippen LogP) is 4.09. The summed E-state index contributed by atoms with van der Waals surface area (Å²) in [6, 6.07) is 13.1. The second-order valence-corrected chi connectivity index (χ2v) is 7.33. The van der Waals surface area contributed by atoms with Gasteiger partial charge in [0.25, 0.3) is 0 Å². The van der Waals surface area contributed by atoms with Gasteiger partial charge in [-0.25, -0.2) is 4.39 Å². The molecule has 1 N–H and O–H groups in total. The SMILES string of the molecule is CNCc1ccc(N2CCC(C)(OC)CC2)c(-c2ccc(C#N)c(F)c2)c1. The quantitative estimate of drug-likeness (QED) is 0.865. The van der Waals surface area contributed by atoms with Crippen molar-refractivity contribution in [1.29, 1.82) is 5.26 Å². The number of ether oxygens (including phenoxy) is 1. The Morgan fingerprint density at radius 2 is 1.96 bits per heavy atom.